The van der Waals surface area contributed by atoms with Gasteiger partial charge in [0.2, 0.25) is 10.0 Å². The summed E-state index contributed by atoms with van der Waals surface area (Å²) in [4.78, 5) is 4.79. The van der Waals surface area contributed by atoms with Gasteiger partial charge in [-0.25, -0.2) is 18.1 Å². The van der Waals surface area contributed by atoms with Crippen molar-refractivity contribution in [2.75, 3.05) is 20.7 Å². The van der Waals surface area contributed by atoms with E-state index in [0.717, 1.165) is 22.4 Å². The van der Waals surface area contributed by atoms with Crippen molar-refractivity contribution >= 4 is 40.0 Å². The third kappa shape index (κ3) is 7.48. The molecule has 0 fully saturated rings. The second-order valence-corrected chi connectivity index (χ2v) is 8.11. The van der Waals surface area contributed by atoms with Gasteiger partial charge in [-0.1, -0.05) is 24.3 Å². The van der Waals surface area contributed by atoms with Gasteiger partial charge in [0.15, 0.2) is 5.96 Å². The first-order chi connectivity index (χ1) is 13.4. The lowest BCUT2D eigenvalue weighted by atomic mass is 10.1. The van der Waals surface area contributed by atoms with E-state index in [1.165, 1.54) is 7.05 Å². The average molecular weight is 532 g/mol. The molecule has 0 amide bonds. The van der Waals surface area contributed by atoms with Crippen molar-refractivity contribution in [1.29, 1.82) is 0 Å². The SMILES string of the molecule is CCNC(=NCc1cccc(S(=O)(=O)NC)c1)NCc1ccc(C)cc1OC.I. The van der Waals surface area contributed by atoms with Gasteiger partial charge in [0.25, 0.3) is 0 Å². The number of rotatable bonds is 8. The molecule has 0 bridgehead atoms. The fraction of sp³-hybridized carbons (Fsp3) is 0.350. The summed E-state index contributed by atoms with van der Waals surface area (Å²) in [6.45, 7) is 5.64. The summed E-state index contributed by atoms with van der Waals surface area (Å²) in [6.07, 6.45) is 0. The molecule has 0 unspecified atom stereocenters. The summed E-state index contributed by atoms with van der Waals surface area (Å²) in [7, 11) is -0.419. The van der Waals surface area contributed by atoms with E-state index in [9.17, 15) is 8.42 Å². The van der Waals surface area contributed by atoms with Crippen molar-refractivity contribution in [1.82, 2.24) is 15.4 Å². The van der Waals surface area contributed by atoms with Crippen LogP contribution >= 0.6 is 24.0 Å². The number of hydrogen-bond donors (Lipinski definition) is 3. The number of methoxy groups -OCH3 is 1. The van der Waals surface area contributed by atoms with Gasteiger partial charge in [0.1, 0.15) is 5.75 Å². The Labute approximate surface area is 190 Å². The molecule has 2 rings (SSSR count). The second kappa shape index (κ2) is 12.0. The number of aliphatic imine (C=N–C) groups is 1. The van der Waals surface area contributed by atoms with Gasteiger partial charge in [0, 0.05) is 18.7 Å². The van der Waals surface area contributed by atoms with Gasteiger partial charge in [0.05, 0.1) is 18.6 Å². The predicted octanol–water partition coefficient (Wildman–Crippen LogP) is 2.79. The van der Waals surface area contributed by atoms with Crippen LogP contribution in [0.4, 0.5) is 0 Å². The van der Waals surface area contributed by atoms with Crippen molar-refractivity contribution in [2.24, 2.45) is 4.99 Å². The summed E-state index contributed by atoms with van der Waals surface area (Å²) in [5, 5.41) is 6.48. The molecule has 160 valence electrons. The first-order valence-corrected chi connectivity index (χ1v) is 10.6. The number of ether oxygens (including phenoxy) is 1. The highest BCUT2D eigenvalue weighted by molar-refractivity contribution is 14.0. The molecular formula is C20H29IN4O3S. The van der Waals surface area contributed by atoms with Crippen LogP contribution in [0.1, 0.15) is 23.6 Å². The van der Waals surface area contributed by atoms with E-state index >= 15 is 0 Å². The van der Waals surface area contributed by atoms with Crippen LogP contribution in [0.25, 0.3) is 0 Å². The average Bonchev–Trinajstić information content (AvgIpc) is 2.70. The van der Waals surface area contributed by atoms with Crippen LogP contribution < -0.4 is 20.1 Å². The molecule has 0 aliphatic carbocycles. The number of guanidine groups is 1. The fourth-order valence-corrected chi connectivity index (χ4v) is 3.42. The zero-order valence-electron chi connectivity index (χ0n) is 17.2. The Bertz CT molecular complexity index is 933. The maximum absolute atomic E-state index is 12.0. The number of benzene rings is 2. The van der Waals surface area contributed by atoms with Crippen LogP contribution in [0.5, 0.6) is 5.75 Å². The maximum Gasteiger partial charge on any atom is 0.240 e. The molecule has 7 nitrogen and oxygen atoms in total. The molecule has 0 heterocycles. The number of halogens is 1. The first-order valence-electron chi connectivity index (χ1n) is 9.07. The molecule has 2 aromatic carbocycles. The summed E-state index contributed by atoms with van der Waals surface area (Å²) in [5.74, 6) is 1.47. The molecule has 0 saturated carbocycles. The van der Waals surface area contributed by atoms with Crippen molar-refractivity contribution < 1.29 is 13.2 Å². The topological polar surface area (TPSA) is 91.8 Å². The van der Waals surface area contributed by atoms with Crippen LogP contribution in [0.3, 0.4) is 0 Å². The predicted molar refractivity (Wildman–Crippen MR) is 127 cm³/mol. The molecule has 0 radical (unpaired) electrons. The number of aryl methyl sites for hydroxylation is 1. The standard InChI is InChI=1S/C20H28N4O3S.HI/c1-5-22-20(24-14-17-10-9-15(2)11-19(17)27-4)23-13-16-7-6-8-18(12-16)28(25,26)21-3;/h6-12,21H,5,13-14H2,1-4H3,(H2,22,23,24);1H. The maximum atomic E-state index is 12.0. The highest BCUT2D eigenvalue weighted by Crippen LogP contribution is 2.19. The Morgan fingerprint density at radius 1 is 1.14 bits per heavy atom. The molecular weight excluding hydrogens is 503 g/mol. The monoisotopic (exact) mass is 532 g/mol. The molecule has 0 spiro atoms. The zero-order valence-corrected chi connectivity index (χ0v) is 20.3. The fourth-order valence-electron chi connectivity index (χ4n) is 2.62. The largest absolute Gasteiger partial charge is 0.496 e. The molecule has 0 aromatic heterocycles. The third-order valence-corrected chi connectivity index (χ3v) is 5.54. The van der Waals surface area contributed by atoms with Gasteiger partial charge in [-0.15, -0.1) is 24.0 Å². The van der Waals surface area contributed by atoms with E-state index in [4.69, 9.17) is 4.74 Å². The molecule has 3 N–H and O–H groups in total. The Hall–Kier alpha value is -1.85. The minimum atomic E-state index is -3.47. The lowest BCUT2D eigenvalue weighted by Crippen LogP contribution is -2.36. The summed E-state index contributed by atoms with van der Waals surface area (Å²) < 4.78 is 31.7. The quantitative estimate of drug-likeness (QED) is 0.277. The molecule has 9 heteroatoms. The normalized spacial score (nSPS) is 11.5. The highest BCUT2D eigenvalue weighted by Gasteiger charge is 2.11. The van der Waals surface area contributed by atoms with Crippen molar-refractivity contribution in [3.63, 3.8) is 0 Å². The molecule has 0 atom stereocenters. The van der Waals surface area contributed by atoms with Crippen molar-refractivity contribution in [3.05, 3.63) is 59.2 Å². The van der Waals surface area contributed by atoms with E-state index in [1.807, 2.05) is 38.1 Å². The van der Waals surface area contributed by atoms with Crippen LogP contribution in [0.15, 0.2) is 52.4 Å². The van der Waals surface area contributed by atoms with E-state index < -0.39 is 10.0 Å². The molecule has 2 aromatic rings. The molecule has 0 saturated heterocycles. The first kappa shape index (κ1) is 25.2. The third-order valence-electron chi connectivity index (χ3n) is 4.13. The molecule has 0 aliphatic rings. The van der Waals surface area contributed by atoms with E-state index in [-0.39, 0.29) is 28.9 Å². The van der Waals surface area contributed by atoms with Crippen LogP contribution in [0, 0.1) is 6.92 Å². The van der Waals surface area contributed by atoms with E-state index in [1.54, 1.807) is 25.3 Å². The lowest BCUT2D eigenvalue weighted by Gasteiger charge is -2.14. The molecule has 0 aliphatic heterocycles. The number of hydrogen-bond acceptors (Lipinski definition) is 4. The van der Waals surface area contributed by atoms with Gasteiger partial charge < -0.3 is 15.4 Å². The van der Waals surface area contributed by atoms with Gasteiger partial charge in [-0.3, -0.25) is 0 Å². The van der Waals surface area contributed by atoms with Crippen LogP contribution in [0.2, 0.25) is 0 Å². The second-order valence-electron chi connectivity index (χ2n) is 6.22. The number of nitrogens with one attached hydrogen (secondary N) is 3. The van der Waals surface area contributed by atoms with E-state index in [0.29, 0.717) is 25.6 Å². The van der Waals surface area contributed by atoms with Crippen molar-refractivity contribution in [3.8, 4) is 5.75 Å². The summed E-state index contributed by atoms with van der Waals surface area (Å²) in [6, 6.07) is 12.8. The smallest absolute Gasteiger partial charge is 0.240 e. The van der Waals surface area contributed by atoms with Gasteiger partial charge >= 0.3 is 0 Å². The summed E-state index contributed by atoms with van der Waals surface area (Å²) >= 11 is 0. The molecule has 29 heavy (non-hydrogen) atoms. The minimum absolute atomic E-state index is 0. The number of sulfonamides is 1. The van der Waals surface area contributed by atoms with Gasteiger partial charge in [-0.05, 0) is 50.2 Å². The Morgan fingerprint density at radius 2 is 1.90 bits per heavy atom. The highest BCUT2D eigenvalue weighted by atomic mass is 127. The van der Waals surface area contributed by atoms with Gasteiger partial charge in [-0.2, -0.15) is 0 Å². The Morgan fingerprint density at radius 3 is 2.55 bits per heavy atom. The number of nitrogens with zero attached hydrogens (tertiary/aromatic N) is 1. The van der Waals surface area contributed by atoms with Crippen LogP contribution in [-0.4, -0.2) is 35.1 Å². The van der Waals surface area contributed by atoms with E-state index in [2.05, 4.69) is 20.3 Å². The van der Waals surface area contributed by atoms with Crippen molar-refractivity contribution in [2.45, 2.75) is 31.8 Å². The zero-order chi connectivity index (χ0) is 20.6. The summed E-state index contributed by atoms with van der Waals surface area (Å²) in [5.41, 5.74) is 2.97. The Kier molecular flexibility index (Phi) is 10.4. The lowest BCUT2D eigenvalue weighted by molar-refractivity contribution is 0.408. The van der Waals surface area contributed by atoms with Crippen LogP contribution in [-0.2, 0) is 23.1 Å². The minimum Gasteiger partial charge on any atom is -0.496 e. The Balaban J connectivity index is 0.00000420.